The van der Waals surface area contributed by atoms with Crippen LogP contribution in [0.2, 0.25) is 0 Å². The van der Waals surface area contributed by atoms with Crippen molar-refractivity contribution in [1.82, 2.24) is 10.6 Å². The van der Waals surface area contributed by atoms with Crippen molar-refractivity contribution in [3.63, 3.8) is 0 Å². The van der Waals surface area contributed by atoms with Crippen LogP contribution in [0.5, 0.6) is 0 Å². The number of hydrogen-bond acceptors (Lipinski definition) is 2. The number of aliphatic imine (C=N–C) groups is 1. The van der Waals surface area contributed by atoms with Crippen LogP contribution in [0.1, 0.15) is 46.5 Å². The van der Waals surface area contributed by atoms with Gasteiger partial charge in [-0.15, -0.1) is 24.0 Å². The molecule has 0 aromatic carbocycles. The minimum Gasteiger partial charge on any atom is -0.355 e. The molecule has 1 aliphatic rings. The molecule has 0 amide bonds. The second-order valence-corrected chi connectivity index (χ2v) is 9.23. The summed E-state index contributed by atoms with van der Waals surface area (Å²) >= 11 is 0. The molecule has 144 valence electrons. The average molecular weight is 483 g/mol. The van der Waals surface area contributed by atoms with Gasteiger partial charge in [0.1, 0.15) is 0 Å². The van der Waals surface area contributed by atoms with Gasteiger partial charge in [0, 0.05) is 40.9 Å². The standard InChI is InChI=1S/C15H28F3N3OS.HI/c1-14(2,3)23(22)9-8-20-13(19-4)21-12-7-5-6-11(10-12)15(16,17)18;/h11-12H,5-10H2,1-4H3,(H2,19,20,21);1H. The van der Waals surface area contributed by atoms with Crippen molar-refractivity contribution < 1.29 is 17.4 Å². The zero-order chi connectivity index (χ0) is 17.7. The number of hydrogen-bond donors (Lipinski definition) is 2. The summed E-state index contributed by atoms with van der Waals surface area (Å²) in [6, 6.07) is -0.227. The lowest BCUT2D eigenvalue weighted by Crippen LogP contribution is -2.47. The van der Waals surface area contributed by atoms with Crippen molar-refractivity contribution in [3.05, 3.63) is 0 Å². The number of nitrogens with zero attached hydrogens (tertiary/aromatic N) is 1. The summed E-state index contributed by atoms with van der Waals surface area (Å²) in [5.74, 6) is -0.288. The van der Waals surface area contributed by atoms with Crippen LogP contribution in [0.4, 0.5) is 13.2 Å². The zero-order valence-corrected chi connectivity index (χ0v) is 17.9. The molecule has 0 heterocycles. The predicted octanol–water partition coefficient (Wildman–Crippen LogP) is 3.44. The van der Waals surface area contributed by atoms with Crippen LogP contribution in [-0.2, 0) is 10.8 Å². The van der Waals surface area contributed by atoms with Gasteiger partial charge in [-0.05, 0) is 40.0 Å². The molecule has 0 aromatic rings. The molecule has 0 radical (unpaired) electrons. The Morgan fingerprint density at radius 2 is 1.88 bits per heavy atom. The Labute approximate surface area is 162 Å². The molecule has 0 spiro atoms. The molecule has 9 heteroatoms. The second kappa shape index (κ2) is 10.2. The number of alkyl halides is 3. The van der Waals surface area contributed by atoms with Crippen LogP contribution in [-0.4, -0.2) is 46.5 Å². The van der Waals surface area contributed by atoms with Gasteiger partial charge in [-0.3, -0.25) is 9.20 Å². The second-order valence-electron chi connectivity index (χ2n) is 6.91. The highest BCUT2D eigenvalue weighted by Crippen LogP contribution is 2.37. The molecule has 0 bridgehead atoms. The number of nitrogens with one attached hydrogen (secondary N) is 2. The molecule has 2 N–H and O–H groups in total. The Balaban J connectivity index is 0.00000529. The number of rotatable bonds is 4. The van der Waals surface area contributed by atoms with Gasteiger partial charge in [-0.2, -0.15) is 13.2 Å². The minimum absolute atomic E-state index is 0. The van der Waals surface area contributed by atoms with Crippen LogP contribution in [0, 0.1) is 5.92 Å². The first-order chi connectivity index (χ1) is 10.5. The summed E-state index contributed by atoms with van der Waals surface area (Å²) in [6.45, 7) is 6.21. The molecule has 3 unspecified atom stereocenters. The normalized spacial score (nSPS) is 24.0. The molecule has 3 atom stereocenters. The van der Waals surface area contributed by atoms with E-state index >= 15 is 0 Å². The molecule has 1 fully saturated rings. The molecule has 1 saturated carbocycles. The van der Waals surface area contributed by atoms with E-state index in [4.69, 9.17) is 0 Å². The molecular formula is C15H29F3IN3OS. The molecule has 24 heavy (non-hydrogen) atoms. The van der Waals surface area contributed by atoms with E-state index in [-0.39, 0.29) is 47.6 Å². The summed E-state index contributed by atoms with van der Waals surface area (Å²) < 4.78 is 50.2. The van der Waals surface area contributed by atoms with Crippen molar-refractivity contribution >= 4 is 40.7 Å². The molecule has 1 rings (SSSR count). The van der Waals surface area contributed by atoms with Gasteiger partial charge in [0.15, 0.2) is 5.96 Å². The Hall–Kier alpha value is -0.0600. The summed E-state index contributed by atoms with van der Waals surface area (Å²) in [5.41, 5.74) is 0. The van der Waals surface area contributed by atoms with Gasteiger partial charge in [-0.1, -0.05) is 6.42 Å². The largest absolute Gasteiger partial charge is 0.391 e. The molecule has 0 aliphatic heterocycles. The fraction of sp³-hybridized carbons (Fsp3) is 0.933. The van der Waals surface area contributed by atoms with Crippen molar-refractivity contribution in [2.24, 2.45) is 10.9 Å². The number of guanidine groups is 1. The van der Waals surface area contributed by atoms with E-state index in [2.05, 4.69) is 15.6 Å². The van der Waals surface area contributed by atoms with Gasteiger partial charge in [0.05, 0.1) is 5.92 Å². The smallest absolute Gasteiger partial charge is 0.355 e. The SMILES string of the molecule is CN=C(NCCS(=O)C(C)(C)C)NC1CCCC(C(F)(F)F)C1.I. The maximum absolute atomic E-state index is 12.8. The van der Waals surface area contributed by atoms with E-state index in [1.807, 2.05) is 20.8 Å². The summed E-state index contributed by atoms with van der Waals surface area (Å²) in [6.07, 6.45) is -2.56. The van der Waals surface area contributed by atoms with Gasteiger partial charge in [0.2, 0.25) is 0 Å². The summed E-state index contributed by atoms with van der Waals surface area (Å²) in [4.78, 5) is 4.04. The van der Waals surface area contributed by atoms with E-state index in [0.717, 1.165) is 0 Å². The topological polar surface area (TPSA) is 53.5 Å². The van der Waals surface area contributed by atoms with E-state index in [9.17, 15) is 17.4 Å². The van der Waals surface area contributed by atoms with Crippen molar-refractivity contribution in [2.45, 2.75) is 63.4 Å². The first kappa shape index (κ1) is 23.9. The van der Waals surface area contributed by atoms with E-state index in [1.54, 1.807) is 7.05 Å². The third kappa shape index (κ3) is 8.35. The highest BCUT2D eigenvalue weighted by Gasteiger charge is 2.42. The fourth-order valence-corrected chi connectivity index (χ4v) is 3.47. The lowest BCUT2D eigenvalue weighted by molar-refractivity contribution is -0.183. The van der Waals surface area contributed by atoms with Crippen molar-refractivity contribution in [1.29, 1.82) is 0 Å². The van der Waals surface area contributed by atoms with Crippen molar-refractivity contribution in [3.8, 4) is 0 Å². The Morgan fingerprint density at radius 1 is 1.25 bits per heavy atom. The molecule has 0 saturated heterocycles. The van der Waals surface area contributed by atoms with Crippen molar-refractivity contribution in [2.75, 3.05) is 19.3 Å². The summed E-state index contributed by atoms with van der Waals surface area (Å²) in [7, 11) is 0.609. The van der Waals surface area contributed by atoms with Crippen LogP contribution in [0.15, 0.2) is 4.99 Å². The fourth-order valence-electron chi connectivity index (χ4n) is 2.57. The lowest BCUT2D eigenvalue weighted by atomic mass is 9.85. The molecule has 4 nitrogen and oxygen atoms in total. The van der Waals surface area contributed by atoms with Crippen LogP contribution in [0.3, 0.4) is 0 Å². The Morgan fingerprint density at radius 3 is 2.38 bits per heavy atom. The van der Waals surface area contributed by atoms with E-state index in [1.165, 1.54) is 0 Å². The highest BCUT2D eigenvalue weighted by molar-refractivity contribution is 14.0. The third-order valence-electron chi connectivity index (χ3n) is 3.96. The quantitative estimate of drug-likeness (QED) is 0.366. The monoisotopic (exact) mass is 483 g/mol. The first-order valence-corrected chi connectivity index (χ1v) is 9.28. The Bertz CT molecular complexity index is 439. The maximum atomic E-state index is 12.8. The zero-order valence-electron chi connectivity index (χ0n) is 14.7. The van der Waals surface area contributed by atoms with Gasteiger partial charge < -0.3 is 10.6 Å². The van der Waals surface area contributed by atoms with Gasteiger partial charge in [0.25, 0.3) is 0 Å². The van der Waals surface area contributed by atoms with Crippen LogP contribution >= 0.6 is 24.0 Å². The van der Waals surface area contributed by atoms with Crippen LogP contribution in [0.25, 0.3) is 0 Å². The average Bonchev–Trinajstić information content (AvgIpc) is 2.44. The predicted molar refractivity (Wildman–Crippen MR) is 104 cm³/mol. The molecule has 1 aliphatic carbocycles. The highest BCUT2D eigenvalue weighted by atomic mass is 127. The van der Waals surface area contributed by atoms with E-state index in [0.29, 0.717) is 31.1 Å². The van der Waals surface area contributed by atoms with Crippen LogP contribution < -0.4 is 10.6 Å². The van der Waals surface area contributed by atoms with E-state index < -0.39 is 22.9 Å². The Kier molecular flexibility index (Phi) is 10.2. The maximum Gasteiger partial charge on any atom is 0.391 e. The number of halogens is 4. The third-order valence-corrected chi connectivity index (χ3v) is 5.91. The summed E-state index contributed by atoms with van der Waals surface area (Å²) in [5, 5.41) is 6.10. The molecular weight excluding hydrogens is 454 g/mol. The van der Waals surface area contributed by atoms with Gasteiger partial charge >= 0.3 is 6.18 Å². The lowest BCUT2D eigenvalue weighted by Gasteiger charge is -2.32. The first-order valence-electron chi connectivity index (χ1n) is 7.96. The van der Waals surface area contributed by atoms with Gasteiger partial charge in [-0.25, -0.2) is 0 Å². The minimum atomic E-state index is -4.12. The molecule has 0 aromatic heterocycles.